The molecular formula is C15H15N3O3S. The molecule has 3 rings (SSSR count). The Labute approximate surface area is 132 Å². The third-order valence-electron chi connectivity index (χ3n) is 3.83. The molecule has 22 heavy (non-hydrogen) atoms. The van der Waals surface area contributed by atoms with Crippen molar-refractivity contribution in [3.63, 3.8) is 0 Å². The van der Waals surface area contributed by atoms with Crippen LogP contribution in [-0.2, 0) is 4.79 Å². The van der Waals surface area contributed by atoms with Gasteiger partial charge in [0.05, 0.1) is 18.2 Å². The van der Waals surface area contributed by atoms with Crippen molar-refractivity contribution in [2.24, 2.45) is 0 Å². The van der Waals surface area contributed by atoms with Crippen LogP contribution >= 0.6 is 11.8 Å². The summed E-state index contributed by atoms with van der Waals surface area (Å²) >= 11 is 1.68. The van der Waals surface area contributed by atoms with Crippen LogP contribution < -0.4 is 10.1 Å². The second-order valence-electron chi connectivity index (χ2n) is 5.26. The van der Waals surface area contributed by atoms with Gasteiger partial charge in [-0.3, -0.25) is 9.69 Å². The van der Waals surface area contributed by atoms with E-state index in [1.165, 1.54) is 4.90 Å². The monoisotopic (exact) mass is 317 g/mol. The van der Waals surface area contributed by atoms with Gasteiger partial charge in [0.25, 0.3) is 5.91 Å². The van der Waals surface area contributed by atoms with Gasteiger partial charge in [0.2, 0.25) is 0 Å². The molecule has 2 saturated heterocycles. The summed E-state index contributed by atoms with van der Waals surface area (Å²) in [7, 11) is 0. The Balaban J connectivity index is 1.56. The molecule has 1 N–H and O–H groups in total. The largest absolute Gasteiger partial charge is 0.492 e. The Bertz CT molecular complexity index is 632. The zero-order chi connectivity index (χ0) is 15.6. The smallest absolute Gasteiger partial charge is 0.325 e. The van der Waals surface area contributed by atoms with Crippen molar-refractivity contribution in [1.82, 2.24) is 10.2 Å². The average molecular weight is 317 g/mol. The predicted octanol–water partition coefficient (Wildman–Crippen LogP) is 1.36. The number of carbonyl (C=O) groups is 2. The van der Waals surface area contributed by atoms with E-state index in [1.54, 1.807) is 36.0 Å². The molecule has 0 saturated carbocycles. The van der Waals surface area contributed by atoms with Crippen LogP contribution in [0.2, 0.25) is 0 Å². The number of urea groups is 1. The number of nitrogens with zero attached hydrogens (tertiary/aromatic N) is 2. The SMILES string of the molecule is N#Cc1ccc(OCCN2C(=O)N[C@]3(CCSC3)C2=O)cc1. The summed E-state index contributed by atoms with van der Waals surface area (Å²) in [5, 5.41) is 11.5. The lowest BCUT2D eigenvalue weighted by atomic mass is 9.99. The first-order chi connectivity index (χ1) is 10.6. The second-order valence-corrected chi connectivity index (χ2v) is 6.36. The summed E-state index contributed by atoms with van der Waals surface area (Å²) in [5.41, 5.74) is -0.141. The topological polar surface area (TPSA) is 82.4 Å². The third-order valence-corrected chi connectivity index (χ3v) is 5.02. The van der Waals surface area contributed by atoms with E-state index in [-0.39, 0.29) is 25.1 Å². The summed E-state index contributed by atoms with van der Waals surface area (Å²) in [6.07, 6.45) is 0.690. The van der Waals surface area contributed by atoms with Crippen LogP contribution in [0.4, 0.5) is 4.79 Å². The van der Waals surface area contributed by atoms with Crippen molar-refractivity contribution in [1.29, 1.82) is 5.26 Å². The molecule has 0 radical (unpaired) electrons. The molecule has 1 aromatic rings. The predicted molar refractivity (Wildman–Crippen MR) is 81.6 cm³/mol. The van der Waals surface area contributed by atoms with Crippen LogP contribution in [0.3, 0.4) is 0 Å². The Morgan fingerprint density at radius 2 is 2.14 bits per heavy atom. The number of hydrogen-bond donors (Lipinski definition) is 1. The Morgan fingerprint density at radius 1 is 1.36 bits per heavy atom. The maximum absolute atomic E-state index is 12.4. The van der Waals surface area contributed by atoms with Gasteiger partial charge in [-0.25, -0.2) is 4.79 Å². The lowest BCUT2D eigenvalue weighted by Gasteiger charge is -2.19. The molecule has 0 bridgehead atoms. The molecule has 2 heterocycles. The normalized spacial score (nSPS) is 23.7. The van der Waals surface area contributed by atoms with E-state index in [0.717, 1.165) is 5.75 Å². The molecule has 7 heteroatoms. The van der Waals surface area contributed by atoms with Crippen molar-refractivity contribution in [2.45, 2.75) is 12.0 Å². The average Bonchev–Trinajstić information content (AvgIpc) is 3.09. The zero-order valence-electron chi connectivity index (χ0n) is 11.9. The van der Waals surface area contributed by atoms with Gasteiger partial charge >= 0.3 is 6.03 Å². The van der Waals surface area contributed by atoms with Crippen molar-refractivity contribution in [2.75, 3.05) is 24.7 Å². The van der Waals surface area contributed by atoms with Gasteiger partial charge in [-0.2, -0.15) is 17.0 Å². The molecule has 2 aliphatic heterocycles. The van der Waals surface area contributed by atoms with Crippen LogP contribution in [0.15, 0.2) is 24.3 Å². The Kier molecular flexibility index (Phi) is 3.94. The van der Waals surface area contributed by atoms with Gasteiger partial charge in [0.15, 0.2) is 0 Å². The number of nitriles is 1. The maximum atomic E-state index is 12.4. The molecule has 6 nitrogen and oxygen atoms in total. The summed E-state index contributed by atoms with van der Waals surface area (Å²) in [5.74, 6) is 2.00. The maximum Gasteiger partial charge on any atom is 0.325 e. The number of amides is 3. The van der Waals surface area contributed by atoms with Crippen LogP contribution in [0, 0.1) is 11.3 Å². The number of benzene rings is 1. The lowest BCUT2D eigenvalue weighted by Crippen LogP contribution is -2.47. The van der Waals surface area contributed by atoms with Crippen molar-refractivity contribution < 1.29 is 14.3 Å². The third kappa shape index (κ3) is 2.62. The van der Waals surface area contributed by atoms with Gasteiger partial charge in [-0.05, 0) is 36.4 Å². The van der Waals surface area contributed by atoms with E-state index < -0.39 is 5.54 Å². The number of carbonyl (C=O) groups excluding carboxylic acids is 2. The molecule has 0 unspecified atom stereocenters. The fourth-order valence-electron chi connectivity index (χ4n) is 2.59. The van der Waals surface area contributed by atoms with Crippen LogP contribution in [-0.4, -0.2) is 47.0 Å². The second kappa shape index (κ2) is 5.89. The highest BCUT2D eigenvalue weighted by molar-refractivity contribution is 7.99. The number of imide groups is 1. The van der Waals surface area contributed by atoms with Crippen LogP contribution in [0.5, 0.6) is 5.75 Å². The van der Waals surface area contributed by atoms with E-state index in [9.17, 15) is 9.59 Å². The molecule has 2 aliphatic rings. The molecule has 1 aromatic carbocycles. The minimum Gasteiger partial charge on any atom is -0.492 e. The highest BCUT2D eigenvalue weighted by Gasteiger charge is 2.52. The molecule has 114 valence electrons. The van der Waals surface area contributed by atoms with Gasteiger partial charge in [-0.15, -0.1) is 0 Å². The lowest BCUT2D eigenvalue weighted by molar-refractivity contribution is -0.130. The van der Waals surface area contributed by atoms with Crippen LogP contribution in [0.1, 0.15) is 12.0 Å². The Hall–Kier alpha value is -2.20. The quantitative estimate of drug-likeness (QED) is 0.848. The minimum absolute atomic E-state index is 0.147. The van der Waals surface area contributed by atoms with Crippen molar-refractivity contribution in [3.05, 3.63) is 29.8 Å². The molecular weight excluding hydrogens is 302 g/mol. The highest BCUT2D eigenvalue weighted by atomic mass is 32.2. The van der Waals surface area contributed by atoms with E-state index in [0.29, 0.717) is 23.5 Å². The van der Waals surface area contributed by atoms with E-state index in [2.05, 4.69) is 5.32 Å². The molecule has 0 aromatic heterocycles. The summed E-state index contributed by atoms with van der Waals surface area (Å²) < 4.78 is 5.53. The van der Waals surface area contributed by atoms with E-state index in [1.807, 2.05) is 6.07 Å². The Morgan fingerprint density at radius 3 is 2.77 bits per heavy atom. The number of hydrogen-bond acceptors (Lipinski definition) is 5. The molecule has 2 fully saturated rings. The van der Waals surface area contributed by atoms with Crippen LogP contribution in [0.25, 0.3) is 0 Å². The van der Waals surface area contributed by atoms with Crippen molar-refractivity contribution in [3.8, 4) is 11.8 Å². The fourth-order valence-corrected chi connectivity index (χ4v) is 3.92. The van der Waals surface area contributed by atoms with Gasteiger partial charge < -0.3 is 10.1 Å². The number of rotatable bonds is 4. The summed E-state index contributed by atoms with van der Waals surface area (Å²) in [6.45, 7) is 0.450. The summed E-state index contributed by atoms with van der Waals surface area (Å²) in [6, 6.07) is 8.40. The molecule has 0 aliphatic carbocycles. The fraction of sp³-hybridized carbons (Fsp3) is 0.400. The van der Waals surface area contributed by atoms with Gasteiger partial charge in [0.1, 0.15) is 17.9 Å². The number of ether oxygens (including phenoxy) is 1. The van der Waals surface area contributed by atoms with Gasteiger partial charge in [0, 0.05) is 5.75 Å². The molecule has 1 atom stereocenters. The first kappa shape index (κ1) is 14.7. The first-order valence-electron chi connectivity index (χ1n) is 6.99. The highest BCUT2D eigenvalue weighted by Crippen LogP contribution is 2.33. The van der Waals surface area contributed by atoms with E-state index >= 15 is 0 Å². The molecule has 3 amide bonds. The zero-order valence-corrected chi connectivity index (χ0v) is 12.7. The van der Waals surface area contributed by atoms with Gasteiger partial charge in [-0.1, -0.05) is 0 Å². The number of nitrogens with one attached hydrogen (secondary N) is 1. The van der Waals surface area contributed by atoms with E-state index in [4.69, 9.17) is 10.00 Å². The van der Waals surface area contributed by atoms with Crippen molar-refractivity contribution >= 4 is 23.7 Å². The number of thioether (sulfide) groups is 1. The molecule has 1 spiro atoms. The first-order valence-corrected chi connectivity index (χ1v) is 8.15. The standard InChI is InChI=1S/C15H15N3O3S/c16-9-11-1-3-12(4-2-11)21-7-6-18-13(19)15(17-14(18)20)5-8-22-10-15/h1-4H,5-8,10H2,(H,17,20)/t15-/m0/s1. The summed E-state index contributed by atoms with van der Waals surface area (Å²) in [4.78, 5) is 25.6. The minimum atomic E-state index is -0.698.